The lowest BCUT2D eigenvalue weighted by Gasteiger charge is -2.30. The van der Waals surface area contributed by atoms with Crippen molar-refractivity contribution in [3.05, 3.63) is 71.0 Å². The highest BCUT2D eigenvalue weighted by Crippen LogP contribution is 2.29. The molecule has 1 amide bonds. The third-order valence-corrected chi connectivity index (χ3v) is 6.77. The molecule has 172 valence electrons. The molecule has 2 saturated heterocycles. The number of nitrogens with zero attached hydrogens (tertiary/aromatic N) is 3. The van der Waals surface area contributed by atoms with Crippen LogP contribution >= 0.6 is 11.6 Å². The zero-order valence-corrected chi connectivity index (χ0v) is 19.3. The largest absolute Gasteiger partial charge is 0.379 e. The maximum Gasteiger partial charge on any atom is 0.254 e. The van der Waals surface area contributed by atoms with Crippen molar-refractivity contribution >= 4 is 34.0 Å². The van der Waals surface area contributed by atoms with Gasteiger partial charge in [-0.1, -0.05) is 29.8 Å². The summed E-state index contributed by atoms with van der Waals surface area (Å²) in [6.07, 6.45) is 4.58. The fourth-order valence-electron chi connectivity index (χ4n) is 4.74. The van der Waals surface area contributed by atoms with Crippen LogP contribution in [0.5, 0.6) is 0 Å². The summed E-state index contributed by atoms with van der Waals surface area (Å²) < 4.78 is 11.4. The number of benzene rings is 2. The van der Waals surface area contributed by atoms with Gasteiger partial charge < -0.3 is 19.3 Å². The number of morpholine rings is 1. The molecule has 0 saturated carbocycles. The van der Waals surface area contributed by atoms with Crippen LogP contribution in [0, 0.1) is 5.92 Å². The van der Waals surface area contributed by atoms with Gasteiger partial charge in [-0.2, -0.15) is 0 Å². The van der Waals surface area contributed by atoms with Crippen molar-refractivity contribution in [2.24, 2.45) is 5.92 Å². The third kappa shape index (κ3) is 4.98. The molecule has 0 radical (unpaired) electrons. The molecule has 2 aromatic carbocycles. The minimum atomic E-state index is 0.0267. The van der Waals surface area contributed by atoms with Crippen molar-refractivity contribution < 1.29 is 14.3 Å². The number of anilines is 1. The summed E-state index contributed by atoms with van der Waals surface area (Å²) in [7, 11) is 0. The zero-order chi connectivity index (χ0) is 22.6. The molecule has 0 spiro atoms. The van der Waals surface area contributed by atoms with Gasteiger partial charge in [-0.3, -0.25) is 9.78 Å². The molecule has 0 N–H and O–H groups in total. The first-order chi connectivity index (χ1) is 16.2. The highest BCUT2D eigenvalue weighted by Gasteiger charge is 2.25. The van der Waals surface area contributed by atoms with Gasteiger partial charge in [0.1, 0.15) is 0 Å². The molecule has 2 aliphatic rings. The van der Waals surface area contributed by atoms with Crippen molar-refractivity contribution in [3.63, 3.8) is 0 Å². The molecular formula is C26H28ClN3O3. The summed E-state index contributed by atoms with van der Waals surface area (Å²) in [4.78, 5) is 21.8. The number of ether oxygens (including phenoxy) is 2. The first-order valence-corrected chi connectivity index (χ1v) is 11.9. The summed E-state index contributed by atoms with van der Waals surface area (Å²) >= 11 is 6.48. The van der Waals surface area contributed by atoms with Crippen LogP contribution in [-0.4, -0.2) is 68.4 Å². The third-order valence-electron chi connectivity index (χ3n) is 6.45. The second-order valence-electron chi connectivity index (χ2n) is 8.68. The number of amides is 1. The topological polar surface area (TPSA) is 54.9 Å². The van der Waals surface area contributed by atoms with Gasteiger partial charge in [-0.15, -0.1) is 0 Å². The van der Waals surface area contributed by atoms with E-state index in [1.165, 1.54) is 10.9 Å². The highest BCUT2D eigenvalue weighted by atomic mass is 35.5. The quantitative estimate of drug-likeness (QED) is 0.581. The average Bonchev–Trinajstić information content (AvgIpc) is 3.10. The average molecular weight is 466 g/mol. The van der Waals surface area contributed by atoms with E-state index < -0.39 is 0 Å². The van der Waals surface area contributed by atoms with Gasteiger partial charge in [0.2, 0.25) is 0 Å². The Kier molecular flexibility index (Phi) is 6.76. The van der Waals surface area contributed by atoms with Crippen LogP contribution in [0.1, 0.15) is 15.9 Å². The lowest BCUT2D eigenvalue weighted by Crippen LogP contribution is -2.38. The molecule has 0 unspecified atom stereocenters. The molecule has 2 fully saturated rings. The molecule has 2 aliphatic heterocycles. The summed E-state index contributed by atoms with van der Waals surface area (Å²) in [5.74, 6) is 0.250. The summed E-state index contributed by atoms with van der Waals surface area (Å²) in [6.45, 7) is 5.33. The van der Waals surface area contributed by atoms with E-state index in [-0.39, 0.29) is 11.8 Å². The molecule has 1 aromatic heterocycles. The van der Waals surface area contributed by atoms with Gasteiger partial charge in [0.05, 0.1) is 37.1 Å². The van der Waals surface area contributed by atoms with Crippen LogP contribution in [0.25, 0.3) is 10.8 Å². The molecule has 3 heterocycles. The number of pyridine rings is 1. The van der Waals surface area contributed by atoms with E-state index in [2.05, 4.69) is 34.1 Å². The number of hydrogen-bond acceptors (Lipinski definition) is 5. The Bertz CT molecular complexity index is 1130. The lowest BCUT2D eigenvalue weighted by atomic mass is 9.95. The normalized spacial score (nSPS) is 19.5. The number of carbonyl (C=O) groups excluding carboxylic acids is 1. The van der Waals surface area contributed by atoms with Gasteiger partial charge in [-0.25, -0.2) is 0 Å². The Morgan fingerprint density at radius 1 is 1.06 bits per heavy atom. The van der Waals surface area contributed by atoms with Crippen LogP contribution in [0.15, 0.2) is 54.9 Å². The Hall–Kier alpha value is -2.67. The maximum atomic E-state index is 13.5. The number of fused-ring (bicyclic) bond motifs is 1. The fraction of sp³-hybridized carbons (Fsp3) is 0.385. The van der Waals surface area contributed by atoms with Crippen molar-refractivity contribution in [1.29, 1.82) is 0 Å². The second kappa shape index (κ2) is 10.1. The summed E-state index contributed by atoms with van der Waals surface area (Å²) in [5.41, 5.74) is 2.83. The van der Waals surface area contributed by atoms with E-state index >= 15 is 0 Å². The van der Waals surface area contributed by atoms with Gasteiger partial charge >= 0.3 is 0 Å². The Labute approximate surface area is 199 Å². The van der Waals surface area contributed by atoms with Crippen molar-refractivity contribution in [3.8, 4) is 0 Å². The first kappa shape index (κ1) is 22.1. The number of rotatable bonds is 4. The monoisotopic (exact) mass is 465 g/mol. The van der Waals surface area contributed by atoms with E-state index in [1.54, 1.807) is 0 Å². The van der Waals surface area contributed by atoms with Crippen molar-refractivity contribution in [2.75, 3.05) is 57.5 Å². The molecule has 5 rings (SSSR count). The van der Waals surface area contributed by atoms with Crippen LogP contribution in [0.3, 0.4) is 0 Å². The standard InChI is InChI=1S/C26H28ClN3O3/c27-24-5-4-21(15-25(24)29-8-11-32-12-9-29)26(31)30-10-13-33-18-19(17-30)14-20-2-1-3-22-16-28-7-6-23(20)22/h1-7,15-16,19H,8-14,17-18H2/t19-/m1/s1. The van der Waals surface area contributed by atoms with E-state index in [0.717, 1.165) is 30.6 Å². The number of carbonyl (C=O) groups is 1. The smallest absolute Gasteiger partial charge is 0.254 e. The SMILES string of the molecule is O=C(c1ccc(Cl)c(N2CCOCC2)c1)N1CCOC[C@H](Cc2cccc3cnccc23)C1. The van der Waals surface area contributed by atoms with E-state index in [1.807, 2.05) is 35.5 Å². The van der Waals surface area contributed by atoms with Crippen LogP contribution in [-0.2, 0) is 15.9 Å². The maximum absolute atomic E-state index is 13.5. The van der Waals surface area contributed by atoms with Crippen LogP contribution in [0.4, 0.5) is 5.69 Å². The number of halogens is 1. The predicted molar refractivity (Wildman–Crippen MR) is 130 cm³/mol. The van der Waals surface area contributed by atoms with Crippen LogP contribution in [0.2, 0.25) is 5.02 Å². The molecule has 7 heteroatoms. The first-order valence-electron chi connectivity index (χ1n) is 11.5. The molecule has 6 nitrogen and oxygen atoms in total. The van der Waals surface area contributed by atoms with Crippen molar-refractivity contribution in [1.82, 2.24) is 9.88 Å². The fourth-order valence-corrected chi connectivity index (χ4v) is 4.98. The second-order valence-corrected chi connectivity index (χ2v) is 9.08. The molecule has 0 aliphatic carbocycles. The molecular weight excluding hydrogens is 438 g/mol. The Balaban J connectivity index is 1.34. The number of aromatic nitrogens is 1. The molecule has 0 bridgehead atoms. The van der Waals surface area contributed by atoms with Crippen LogP contribution < -0.4 is 4.90 Å². The van der Waals surface area contributed by atoms with Gasteiger partial charge in [-0.05, 0) is 41.6 Å². The minimum Gasteiger partial charge on any atom is -0.379 e. The minimum absolute atomic E-state index is 0.0267. The lowest BCUT2D eigenvalue weighted by molar-refractivity contribution is 0.0737. The summed E-state index contributed by atoms with van der Waals surface area (Å²) in [5, 5.41) is 3.01. The Morgan fingerprint density at radius 2 is 1.91 bits per heavy atom. The number of hydrogen-bond donors (Lipinski definition) is 0. The zero-order valence-electron chi connectivity index (χ0n) is 18.6. The predicted octanol–water partition coefficient (Wildman–Crippen LogP) is 4.06. The highest BCUT2D eigenvalue weighted by molar-refractivity contribution is 6.33. The van der Waals surface area contributed by atoms with E-state index in [4.69, 9.17) is 21.1 Å². The summed E-state index contributed by atoms with van der Waals surface area (Å²) in [6, 6.07) is 14.0. The Morgan fingerprint density at radius 3 is 2.79 bits per heavy atom. The van der Waals surface area contributed by atoms with Gasteiger partial charge in [0.25, 0.3) is 5.91 Å². The molecule has 1 atom stereocenters. The van der Waals surface area contributed by atoms with Gasteiger partial charge in [0.15, 0.2) is 0 Å². The van der Waals surface area contributed by atoms with E-state index in [0.29, 0.717) is 50.1 Å². The van der Waals surface area contributed by atoms with Gasteiger partial charge in [0, 0.05) is 55.4 Å². The molecule has 33 heavy (non-hydrogen) atoms. The van der Waals surface area contributed by atoms with Crippen molar-refractivity contribution in [2.45, 2.75) is 6.42 Å². The molecule has 3 aromatic rings. The van der Waals surface area contributed by atoms with E-state index in [9.17, 15) is 4.79 Å².